The molecule has 26 heavy (non-hydrogen) atoms. The van der Waals surface area contributed by atoms with Gasteiger partial charge in [0, 0.05) is 44.3 Å². The molecule has 1 aromatic heterocycles. The van der Waals surface area contributed by atoms with Crippen molar-refractivity contribution in [2.24, 2.45) is 12.5 Å². The maximum atomic E-state index is 12.6. The Kier molecular flexibility index (Phi) is 4.59. The zero-order valence-corrected chi connectivity index (χ0v) is 15.6. The van der Waals surface area contributed by atoms with Gasteiger partial charge in [-0.25, -0.2) is 0 Å². The second kappa shape index (κ2) is 6.89. The van der Waals surface area contributed by atoms with Gasteiger partial charge in [0.1, 0.15) is 5.69 Å². The van der Waals surface area contributed by atoms with Crippen molar-refractivity contribution >= 4 is 5.91 Å². The second-order valence-electron chi connectivity index (χ2n) is 7.94. The van der Waals surface area contributed by atoms with Crippen LogP contribution in [0.4, 0.5) is 0 Å². The van der Waals surface area contributed by atoms with E-state index in [2.05, 4.69) is 24.1 Å². The molecule has 2 saturated heterocycles. The lowest BCUT2D eigenvalue weighted by Gasteiger charge is -2.48. The minimum atomic E-state index is 0.148. The molecule has 4 rings (SSSR count). The fourth-order valence-corrected chi connectivity index (χ4v) is 4.43. The van der Waals surface area contributed by atoms with Gasteiger partial charge in [0.15, 0.2) is 0 Å². The monoisotopic (exact) mass is 353 g/mol. The van der Waals surface area contributed by atoms with Crippen molar-refractivity contribution in [1.29, 1.82) is 0 Å². The van der Waals surface area contributed by atoms with Crippen molar-refractivity contribution in [3.8, 4) is 0 Å². The van der Waals surface area contributed by atoms with E-state index < -0.39 is 0 Å². The Balaban J connectivity index is 1.28. The average molecular weight is 353 g/mol. The molecule has 1 atom stereocenters. The Morgan fingerprint density at radius 3 is 2.58 bits per heavy atom. The Morgan fingerprint density at radius 1 is 1.12 bits per heavy atom. The van der Waals surface area contributed by atoms with Crippen molar-refractivity contribution in [3.05, 3.63) is 59.9 Å². The molecule has 1 unspecified atom stereocenters. The Bertz CT molecular complexity index is 765. The predicted octanol–water partition coefficient (Wildman–Crippen LogP) is 2.39. The number of benzene rings is 1. The summed E-state index contributed by atoms with van der Waals surface area (Å²) in [7, 11) is 4.10. The van der Waals surface area contributed by atoms with Crippen molar-refractivity contribution in [3.63, 3.8) is 0 Å². The van der Waals surface area contributed by atoms with Gasteiger partial charge in [-0.15, -0.1) is 0 Å². The molecule has 2 aliphatic heterocycles. The zero-order chi connectivity index (χ0) is 18.1. The summed E-state index contributed by atoms with van der Waals surface area (Å²) < 4.78 is 7.86. The molecule has 0 radical (unpaired) electrons. The molecule has 5 heteroatoms. The number of likely N-dealkylation sites (tertiary alicyclic amines) is 2. The molecule has 1 amide bonds. The van der Waals surface area contributed by atoms with Crippen molar-refractivity contribution in [2.75, 3.05) is 33.3 Å². The molecular formula is C21H27N3O2. The second-order valence-corrected chi connectivity index (χ2v) is 7.94. The van der Waals surface area contributed by atoms with E-state index in [9.17, 15) is 4.79 Å². The Hall–Kier alpha value is -2.11. The molecule has 3 heterocycles. The van der Waals surface area contributed by atoms with E-state index in [1.54, 1.807) is 0 Å². The van der Waals surface area contributed by atoms with Crippen LogP contribution in [0.5, 0.6) is 0 Å². The molecule has 0 bridgehead atoms. The van der Waals surface area contributed by atoms with Crippen LogP contribution in [-0.4, -0.2) is 59.6 Å². The van der Waals surface area contributed by atoms with Crippen molar-refractivity contribution in [1.82, 2.24) is 14.4 Å². The van der Waals surface area contributed by atoms with E-state index in [0.29, 0.717) is 12.6 Å². The molecule has 1 spiro atoms. The van der Waals surface area contributed by atoms with Gasteiger partial charge in [-0.3, -0.25) is 4.79 Å². The van der Waals surface area contributed by atoms with Gasteiger partial charge in [0.25, 0.3) is 5.91 Å². The van der Waals surface area contributed by atoms with Crippen LogP contribution in [0.15, 0.2) is 48.7 Å². The predicted molar refractivity (Wildman–Crippen MR) is 101 cm³/mol. The van der Waals surface area contributed by atoms with Crippen LogP contribution in [0.2, 0.25) is 0 Å². The fourth-order valence-electron chi connectivity index (χ4n) is 4.43. The Morgan fingerprint density at radius 2 is 1.88 bits per heavy atom. The molecule has 5 nitrogen and oxygen atoms in total. The van der Waals surface area contributed by atoms with Gasteiger partial charge >= 0.3 is 0 Å². The largest absolute Gasteiger partial charge is 0.375 e. The van der Waals surface area contributed by atoms with Gasteiger partial charge in [-0.2, -0.15) is 0 Å². The number of aromatic nitrogens is 1. The maximum absolute atomic E-state index is 12.6. The lowest BCUT2D eigenvalue weighted by Crippen LogP contribution is -2.59. The van der Waals surface area contributed by atoms with E-state index in [0.717, 1.165) is 38.4 Å². The number of nitrogens with zero attached hydrogens (tertiary/aromatic N) is 3. The van der Waals surface area contributed by atoms with Crippen LogP contribution in [-0.2, 0) is 18.4 Å². The third-order valence-corrected chi connectivity index (χ3v) is 5.80. The quantitative estimate of drug-likeness (QED) is 0.828. The summed E-state index contributed by atoms with van der Waals surface area (Å²) >= 11 is 0. The van der Waals surface area contributed by atoms with E-state index in [1.165, 1.54) is 5.56 Å². The van der Waals surface area contributed by atoms with Gasteiger partial charge < -0.3 is 19.1 Å². The van der Waals surface area contributed by atoms with E-state index in [-0.39, 0.29) is 11.3 Å². The first kappa shape index (κ1) is 17.3. The molecule has 138 valence electrons. The first-order chi connectivity index (χ1) is 12.6. The van der Waals surface area contributed by atoms with Gasteiger partial charge in [-0.05, 0) is 31.2 Å². The zero-order valence-electron chi connectivity index (χ0n) is 15.6. The first-order valence-electron chi connectivity index (χ1n) is 9.29. The normalized spacial score (nSPS) is 21.9. The summed E-state index contributed by atoms with van der Waals surface area (Å²) in [5.74, 6) is 0.148. The highest BCUT2D eigenvalue weighted by Crippen LogP contribution is 2.42. The van der Waals surface area contributed by atoms with Crippen molar-refractivity contribution < 1.29 is 9.53 Å². The number of hydrogen-bond acceptors (Lipinski definition) is 3. The highest BCUT2D eigenvalue weighted by Gasteiger charge is 2.52. The third kappa shape index (κ3) is 3.29. The number of aryl methyl sites for hydroxylation is 1. The van der Waals surface area contributed by atoms with Crippen LogP contribution in [0.25, 0.3) is 0 Å². The van der Waals surface area contributed by atoms with Crippen LogP contribution >= 0.6 is 0 Å². The number of rotatable bonds is 5. The highest BCUT2D eigenvalue weighted by molar-refractivity contribution is 5.93. The smallest absolute Gasteiger partial charge is 0.270 e. The lowest BCUT2D eigenvalue weighted by molar-refractivity contribution is 0.0101. The standard InChI is InChI=1S/C21H27N3O2/c1-22-10-6-9-19(22)20(25)24-15-21(16-24)11-18(23(2)14-21)13-26-12-17-7-4-3-5-8-17/h3-10,18H,11-16H2,1-2H3. The minimum absolute atomic E-state index is 0.148. The maximum Gasteiger partial charge on any atom is 0.270 e. The molecule has 2 aromatic rings. The third-order valence-electron chi connectivity index (χ3n) is 5.80. The minimum Gasteiger partial charge on any atom is -0.375 e. The van der Waals surface area contributed by atoms with E-state index in [1.807, 2.05) is 53.0 Å². The summed E-state index contributed by atoms with van der Waals surface area (Å²) in [4.78, 5) is 17.0. The van der Waals surface area contributed by atoms with Gasteiger partial charge in [-0.1, -0.05) is 30.3 Å². The Labute approximate surface area is 155 Å². The number of likely N-dealkylation sites (N-methyl/N-ethyl adjacent to an activating group) is 1. The van der Waals surface area contributed by atoms with Crippen LogP contribution in [0, 0.1) is 5.41 Å². The van der Waals surface area contributed by atoms with Crippen LogP contribution < -0.4 is 0 Å². The summed E-state index contributed by atoms with van der Waals surface area (Å²) in [6.07, 6.45) is 3.03. The molecular weight excluding hydrogens is 326 g/mol. The summed E-state index contributed by atoms with van der Waals surface area (Å²) in [5.41, 5.74) is 2.23. The molecule has 0 saturated carbocycles. The number of hydrogen-bond donors (Lipinski definition) is 0. The number of ether oxygens (including phenoxy) is 1. The summed E-state index contributed by atoms with van der Waals surface area (Å²) in [6.45, 7) is 4.17. The summed E-state index contributed by atoms with van der Waals surface area (Å²) in [5, 5.41) is 0. The SMILES string of the molecule is CN1CC2(CC1COCc1ccccc1)CN(C(=O)c1cccn1C)C2. The molecule has 2 fully saturated rings. The fraction of sp³-hybridized carbons (Fsp3) is 0.476. The lowest BCUT2D eigenvalue weighted by atomic mass is 9.77. The van der Waals surface area contributed by atoms with Crippen LogP contribution in [0.1, 0.15) is 22.5 Å². The number of carbonyl (C=O) groups excluding carboxylic acids is 1. The number of amides is 1. The molecule has 0 aliphatic carbocycles. The van der Waals surface area contributed by atoms with E-state index in [4.69, 9.17) is 4.74 Å². The molecule has 1 aromatic carbocycles. The summed E-state index contributed by atoms with van der Waals surface area (Å²) in [6, 6.07) is 14.6. The first-order valence-corrected chi connectivity index (χ1v) is 9.29. The van der Waals surface area contributed by atoms with Crippen molar-refractivity contribution in [2.45, 2.75) is 19.1 Å². The average Bonchev–Trinajstić information content (AvgIpc) is 3.18. The van der Waals surface area contributed by atoms with Crippen LogP contribution in [0.3, 0.4) is 0 Å². The number of carbonyl (C=O) groups is 1. The van der Waals surface area contributed by atoms with Gasteiger partial charge in [0.05, 0.1) is 13.2 Å². The molecule has 0 N–H and O–H groups in total. The molecule has 2 aliphatic rings. The van der Waals surface area contributed by atoms with E-state index >= 15 is 0 Å². The topological polar surface area (TPSA) is 37.7 Å². The highest BCUT2D eigenvalue weighted by atomic mass is 16.5. The van der Waals surface area contributed by atoms with Gasteiger partial charge in [0.2, 0.25) is 0 Å².